The van der Waals surface area contributed by atoms with Crippen molar-refractivity contribution in [1.82, 2.24) is 5.32 Å². The van der Waals surface area contributed by atoms with Crippen molar-refractivity contribution in [2.45, 2.75) is 4.95 Å². The van der Waals surface area contributed by atoms with E-state index in [9.17, 15) is 4.39 Å². The molecule has 0 aromatic heterocycles. The van der Waals surface area contributed by atoms with E-state index in [2.05, 4.69) is 21.2 Å². The number of halogens is 2. The molecule has 0 heterocycles. The molecule has 72 valence electrons. The second-order valence-corrected chi connectivity index (χ2v) is 3.46. The monoisotopic (exact) mass is 247 g/mol. The highest BCUT2D eigenvalue weighted by Crippen LogP contribution is 2.24. The highest BCUT2D eigenvalue weighted by Gasteiger charge is 2.08. The van der Waals surface area contributed by atoms with Crippen LogP contribution in [0, 0.1) is 5.82 Å². The molecule has 13 heavy (non-hydrogen) atoms. The number of alkyl halides is 1. The largest absolute Gasteiger partial charge is 0.494 e. The zero-order chi connectivity index (χ0) is 9.84. The Balaban J connectivity index is 2.95. The molecule has 4 heteroatoms. The van der Waals surface area contributed by atoms with Crippen LogP contribution in [0.25, 0.3) is 0 Å². The number of rotatable bonds is 3. The number of methoxy groups -OCH3 is 1. The van der Waals surface area contributed by atoms with Crippen LogP contribution in [0.15, 0.2) is 18.2 Å². The van der Waals surface area contributed by atoms with Crippen LogP contribution in [0.1, 0.15) is 10.5 Å². The third-order valence-corrected chi connectivity index (χ3v) is 2.71. The molecule has 0 amide bonds. The minimum atomic E-state index is -0.347. The minimum Gasteiger partial charge on any atom is -0.494 e. The molecule has 1 unspecified atom stereocenters. The summed E-state index contributed by atoms with van der Waals surface area (Å²) in [5, 5.41) is 2.96. The Labute approximate surface area is 85.2 Å². The summed E-state index contributed by atoms with van der Waals surface area (Å²) < 4.78 is 18.0. The van der Waals surface area contributed by atoms with Crippen molar-refractivity contribution in [2.75, 3.05) is 14.2 Å². The Morgan fingerprint density at radius 1 is 1.54 bits per heavy atom. The number of benzene rings is 1. The highest BCUT2D eigenvalue weighted by atomic mass is 79.9. The van der Waals surface area contributed by atoms with E-state index in [-0.39, 0.29) is 16.5 Å². The maximum absolute atomic E-state index is 13.2. The van der Waals surface area contributed by atoms with E-state index in [1.807, 2.05) is 0 Å². The van der Waals surface area contributed by atoms with Crippen LogP contribution in [0.2, 0.25) is 0 Å². The summed E-state index contributed by atoms with van der Waals surface area (Å²) in [6.07, 6.45) is 0. The summed E-state index contributed by atoms with van der Waals surface area (Å²) in [6.45, 7) is 0. The zero-order valence-electron chi connectivity index (χ0n) is 7.47. The molecule has 0 bridgehead atoms. The van der Waals surface area contributed by atoms with Gasteiger partial charge in [-0.3, -0.25) is 0 Å². The van der Waals surface area contributed by atoms with Crippen molar-refractivity contribution in [3.05, 3.63) is 29.6 Å². The van der Waals surface area contributed by atoms with Crippen LogP contribution in [0.3, 0.4) is 0 Å². The van der Waals surface area contributed by atoms with E-state index in [4.69, 9.17) is 4.74 Å². The fourth-order valence-corrected chi connectivity index (χ4v) is 1.29. The smallest absolute Gasteiger partial charge is 0.165 e. The average Bonchev–Trinajstić information content (AvgIpc) is 2.16. The second kappa shape index (κ2) is 4.58. The highest BCUT2D eigenvalue weighted by molar-refractivity contribution is 9.09. The summed E-state index contributed by atoms with van der Waals surface area (Å²) in [4.78, 5) is -0.0343. The van der Waals surface area contributed by atoms with Gasteiger partial charge in [0.2, 0.25) is 0 Å². The summed E-state index contributed by atoms with van der Waals surface area (Å²) in [5.74, 6) is -0.0840. The molecule has 1 rings (SSSR count). The van der Waals surface area contributed by atoms with Crippen LogP contribution >= 0.6 is 15.9 Å². The molecular formula is C9H11BrFNO. The van der Waals surface area contributed by atoms with Gasteiger partial charge in [0.05, 0.1) is 12.1 Å². The molecule has 1 aromatic carbocycles. The Bertz CT molecular complexity index is 293. The van der Waals surface area contributed by atoms with E-state index in [1.54, 1.807) is 19.2 Å². The van der Waals surface area contributed by atoms with E-state index in [0.29, 0.717) is 0 Å². The predicted molar refractivity (Wildman–Crippen MR) is 53.7 cm³/mol. The number of ether oxygens (including phenoxy) is 1. The third-order valence-electron chi connectivity index (χ3n) is 1.72. The van der Waals surface area contributed by atoms with Gasteiger partial charge >= 0.3 is 0 Å². The Morgan fingerprint density at radius 3 is 2.69 bits per heavy atom. The Morgan fingerprint density at radius 2 is 2.23 bits per heavy atom. The Hall–Kier alpha value is -0.610. The molecule has 0 spiro atoms. The van der Waals surface area contributed by atoms with Crippen molar-refractivity contribution in [3.8, 4) is 5.75 Å². The molecule has 0 saturated heterocycles. The van der Waals surface area contributed by atoms with Gasteiger partial charge in [0.15, 0.2) is 11.6 Å². The topological polar surface area (TPSA) is 21.3 Å². The molecule has 0 radical (unpaired) electrons. The second-order valence-electron chi connectivity index (χ2n) is 2.55. The third kappa shape index (κ3) is 2.42. The fraction of sp³-hybridized carbons (Fsp3) is 0.333. The van der Waals surface area contributed by atoms with Crippen molar-refractivity contribution >= 4 is 15.9 Å². The maximum atomic E-state index is 13.2. The van der Waals surface area contributed by atoms with Crippen LogP contribution < -0.4 is 10.1 Å². The summed E-state index contributed by atoms with van der Waals surface area (Å²) >= 11 is 3.35. The lowest BCUT2D eigenvalue weighted by atomic mass is 10.2. The van der Waals surface area contributed by atoms with Gasteiger partial charge in [-0.05, 0) is 24.7 Å². The van der Waals surface area contributed by atoms with E-state index >= 15 is 0 Å². The first-order valence-electron chi connectivity index (χ1n) is 3.83. The van der Waals surface area contributed by atoms with Crippen molar-refractivity contribution in [3.63, 3.8) is 0 Å². The molecule has 1 N–H and O–H groups in total. The zero-order valence-corrected chi connectivity index (χ0v) is 9.06. The maximum Gasteiger partial charge on any atom is 0.165 e. The first-order valence-corrected chi connectivity index (χ1v) is 4.75. The minimum absolute atomic E-state index is 0.0343. The van der Waals surface area contributed by atoms with Crippen molar-refractivity contribution in [1.29, 1.82) is 0 Å². The molecule has 1 aromatic rings. The van der Waals surface area contributed by atoms with Gasteiger partial charge in [-0.15, -0.1) is 0 Å². The van der Waals surface area contributed by atoms with E-state index in [0.717, 1.165) is 5.56 Å². The first-order chi connectivity index (χ1) is 6.19. The van der Waals surface area contributed by atoms with Gasteiger partial charge in [0.1, 0.15) is 0 Å². The van der Waals surface area contributed by atoms with Crippen LogP contribution in [-0.2, 0) is 0 Å². The number of nitrogens with one attached hydrogen (secondary N) is 1. The van der Waals surface area contributed by atoms with Gasteiger partial charge in [-0.1, -0.05) is 22.0 Å². The molecule has 1 atom stereocenters. The van der Waals surface area contributed by atoms with Gasteiger partial charge in [-0.25, -0.2) is 4.39 Å². The van der Waals surface area contributed by atoms with E-state index in [1.165, 1.54) is 13.2 Å². The summed E-state index contributed by atoms with van der Waals surface area (Å²) in [6, 6.07) is 4.85. The normalized spacial score (nSPS) is 12.6. The molecule has 0 aliphatic carbocycles. The standard InChI is InChI=1S/C9H11BrFNO/c1-12-9(10)6-3-4-8(13-2)7(11)5-6/h3-5,9,12H,1-2H3. The molecule has 0 fully saturated rings. The predicted octanol–water partition coefficient (Wildman–Crippen LogP) is 2.45. The van der Waals surface area contributed by atoms with Crippen LogP contribution in [-0.4, -0.2) is 14.2 Å². The number of hydrogen-bond donors (Lipinski definition) is 1. The van der Waals surface area contributed by atoms with Crippen LogP contribution in [0.5, 0.6) is 5.75 Å². The molecule has 0 saturated carbocycles. The quantitative estimate of drug-likeness (QED) is 0.655. The molecule has 0 aliphatic rings. The number of hydrogen-bond acceptors (Lipinski definition) is 2. The lowest BCUT2D eigenvalue weighted by Gasteiger charge is -2.09. The van der Waals surface area contributed by atoms with Crippen molar-refractivity contribution in [2.24, 2.45) is 0 Å². The lowest BCUT2D eigenvalue weighted by Crippen LogP contribution is -2.09. The SMILES string of the molecule is CNC(Br)c1ccc(OC)c(F)c1. The summed E-state index contributed by atoms with van der Waals surface area (Å²) in [7, 11) is 3.24. The first kappa shape index (κ1) is 10.5. The van der Waals surface area contributed by atoms with Crippen LogP contribution in [0.4, 0.5) is 4.39 Å². The molecule has 0 aliphatic heterocycles. The van der Waals surface area contributed by atoms with Gasteiger partial charge in [-0.2, -0.15) is 0 Å². The van der Waals surface area contributed by atoms with Gasteiger partial charge < -0.3 is 10.1 Å². The van der Waals surface area contributed by atoms with Crippen molar-refractivity contribution < 1.29 is 9.13 Å². The fourth-order valence-electron chi connectivity index (χ4n) is 1.01. The summed E-state index contributed by atoms with van der Waals surface area (Å²) in [5.41, 5.74) is 0.834. The molecular weight excluding hydrogens is 237 g/mol. The van der Waals surface area contributed by atoms with E-state index < -0.39 is 0 Å². The van der Waals surface area contributed by atoms with Gasteiger partial charge in [0.25, 0.3) is 0 Å². The molecule has 2 nitrogen and oxygen atoms in total. The average molecular weight is 248 g/mol. The lowest BCUT2D eigenvalue weighted by molar-refractivity contribution is 0.386. The van der Waals surface area contributed by atoms with Gasteiger partial charge in [0, 0.05) is 0 Å². The Kier molecular flexibility index (Phi) is 3.69.